The van der Waals surface area contributed by atoms with Gasteiger partial charge < -0.3 is 15.2 Å². The predicted molar refractivity (Wildman–Crippen MR) is 84.2 cm³/mol. The van der Waals surface area contributed by atoms with E-state index in [4.69, 9.17) is 4.52 Å². The molecule has 2 aromatic rings. The van der Waals surface area contributed by atoms with Crippen LogP contribution in [0.4, 0.5) is 0 Å². The third kappa shape index (κ3) is 4.59. The Kier molecular flexibility index (Phi) is 5.31. The lowest BCUT2D eigenvalue weighted by atomic mass is 9.93. The maximum Gasteiger partial charge on any atom is 0.246 e. The molecule has 3 rings (SSSR count). The number of carbonyl (C=O) groups excluding carboxylic acids is 1. The van der Waals surface area contributed by atoms with Gasteiger partial charge in [0.05, 0.1) is 6.54 Å². The van der Waals surface area contributed by atoms with Crippen LogP contribution in [0.15, 0.2) is 29.0 Å². The number of rotatable bonds is 6. The van der Waals surface area contributed by atoms with Gasteiger partial charge in [-0.25, -0.2) is 0 Å². The zero-order chi connectivity index (χ0) is 15.9. The number of hydrogen-bond acceptors (Lipinski definition) is 6. The molecule has 0 unspecified atom stereocenters. The second-order valence-electron chi connectivity index (χ2n) is 5.76. The first-order chi connectivity index (χ1) is 11.3. The molecule has 3 heterocycles. The van der Waals surface area contributed by atoms with E-state index >= 15 is 0 Å². The van der Waals surface area contributed by atoms with E-state index in [0.29, 0.717) is 24.1 Å². The smallest absolute Gasteiger partial charge is 0.246 e. The van der Waals surface area contributed by atoms with Crippen molar-refractivity contribution in [1.82, 2.24) is 25.8 Å². The molecule has 1 amide bonds. The Morgan fingerprint density at radius 3 is 2.87 bits per heavy atom. The molecule has 23 heavy (non-hydrogen) atoms. The number of pyridine rings is 1. The lowest BCUT2D eigenvalue weighted by molar-refractivity contribution is -0.121. The van der Waals surface area contributed by atoms with Crippen molar-refractivity contribution in [1.29, 1.82) is 0 Å². The zero-order valence-corrected chi connectivity index (χ0v) is 13.0. The Morgan fingerprint density at radius 2 is 2.09 bits per heavy atom. The van der Waals surface area contributed by atoms with E-state index in [9.17, 15) is 4.79 Å². The van der Waals surface area contributed by atoms with Crippen molar-refractivity contribution >= 4 is 5.91 Å². The molecule has 122 valence electrons. The van der Waals surface area contributed by atoms with Gasteiger partial charge in [-0.3, -0.25) is 9.78 Å². The highest BCUT2D eigenvalue weighted by atomic mass is 16.5. The van der Waals surface area contributed by atoms with E-state index in [0.717, 1.165) is 37.9 Å². The van der Waals surface area contributed by atoms with Crippen LogP contribution in [0.5, 0.6) is 0 Å². The van der Waals surface area contributed by atoms with E-state index in [1.54, 1.807) is 12.4 Å². The van der Waals surface area contributed by atoms with Crippen molar-refractivity contribution in [2.24, 2.45) is 5.92 Å². The van der Waals surface area contributed by atoms with Crippen molar-refractivity contribution in [3.05, 3.63) is 30.4 Å². The quantitative estimate of drug-likeness (QED) is 0.839. The Balaban J connectivity index is 1.43. The number of aromatic nitrogens is 3. The third-order valence-electron chi connectivity index (χ3n) is 4.08. The van der Waals surface area contributed by atoms with Crippen molar-refractivity contribution in [2.75, 3.05) is 13.1 Å². The number of hydrogen-bond donors (Lipinski definition) is 2. The fraction of sp³-hybridized carbons (Fsp3) is 0.500. The minimum Gasteiger partial charge on any atom is -0.347 e. The molecule has 2 N–H and O–H groups in total. The average molecular weight is 315 g/mol. The lowest BCUT2D eigenvalue weighted by Crippen LogP contribution is -2.29. The first-order valence-electron chi connectivity index (χ1n) is 8.01. The van der Waals surface area contributed by atoms with E-state index in [1.807, 2.05) is 12.1 Å². The molecule has 0 aromatic carbocycles. The van der Waals surface area contributed by atoms with Crippen LogP contribution in [0, 0.1) is 5.92 Å². The van der Waals surface area contributed by atoms with Crippen molar-refractivity contribution < 1.29 is 9.32 Å². The molecule has 0 spiro atoms. The number of nitrogens with one attached hydrogen (secondary N) is 2. The van der Waals surface area contributed by atoms with Crippen LogP contribution in [-0.4, -0.2) is 34.1 Å². The van der Waals surface area contributed by atoms with Gasteiger partial charge in [0.2, 0.25) is 17.6 Å². The van der Waals surface area contributed by atoms with E-state index in [-0.39, 0.29) is 12.5 Å². The van der Waals surface area contributed by atoms with Crippen LogP contribution in [0.2, 0.25) is 0 Å². The van der Waals surface area contributed by atoms with Crippen LogP contribution in [-0.2, 0) is 11.3 Å². The Hall–Kier alpha value is -2.28. The second-order valence-corrected chi connectivity index (χ2v) is 5.76. The minimum absolute atomic E-state index is 0.0344. The molecular weight excluding hydrogens is 294 g/mol. The van der Waals surface area contributed by atoms with Crippen LogP contribution in [0.3, 0.4) is 0 Å². The van der Waals surface area contributed by atoms with Gasteiger partial charge in [-0.1, -0.05) is 5.16 Å². The van der Waals surface area contributed by atoms with Crippen LogP contribution in [0.1, 0.15) is 31.6 Å². The van der Waals surface area contributed by atoms with Gasteiger partial charge in [-0.2, -0.15) is 4.98 Å². The molecular formula is C16H21N5O2. The molecule has 1 fully saturated rings. The van der Waals surface area contributed by atoms with E-state index in [1.165, 1.54) is 0 Å². The maximum atomic E-state index is 11.9. The van der Waals surface area contributed by atoms with Gasteiger partial charge in [-0.05, 0) is 50.4 Å². The molecule has 0 saturated carbocycles. The third-order valence-corrected chi connectivity index (χ3v) is 4.08. The largest absolute Gasteiger partial charge is 0.347 e. The molecule has 7 nitrogen and oxygen atoms in total. The van der Waals surface area contributed by atoms with Crippen LogP contribution in [0.25, 0.3) is 11.4 Å². The number of amides is 1. The fourth-order valence-corrected chi connectivity index (χ4v) is 2.71. The van der Waals surface area contributed by atoms with Crippen LogP contribution >= 0.6 is 0 Å². The summed E-state index contributed by atoms with van der Waals surface area (Å²) in [5.41, 5.74) is 0.840. The van der Waals surface area contributed by atoms with Crippen molar-refractivity contribution in [3.63, 3.8) is 0 Å². The Morgan fingerprint density at radius 1 is 1.30 bits per heavy atom. The van der Waals surface area contributed by atoms with Gasteiger partial charge in [-0.15, -0.1) is 0 Å². The molecule has 7 heteroatoms. The summed E-state index contributed by atoms with van der Waals surface area (Å²) in [7, 11) is 0. The highest BCUT2D eigenvalue weighted by Crippen LogP contribution is 2.17. The summed E-state index contributed by atoms with van der Waals surface area (Å²) < 4.78 is 5.16. The van der Waals surface area contributed by atoms with Gasteiger partial charge in [0.25, 0.3) is 0 Å². The standard InChI is InChI=1S/C16H21N5O2/c22-14(2-1-12-3-7-17-8-4-12)19-11-15-20-16(21-23-15)13-5-9-18-10-6-13/h5-6,9-10,12,17H,1-4,7-8,11H2,(H,19,22). The fourth-order valence-electron chi connectivity index (χ4n) is 2.71. The number of nitrogens with zero attached hydrogens (tertiary/aromatic N) is 3. The van der Waals surface area contributed by atoms with Gasteiger partial charge >= 0.3 is 0 Å². The van der Waals surface area contributed by atoms with E-state index < -0.39 is 0 Å². The Bertz CT molecular complexity index is 622. The number of carbonyl (C=O) groups is 1. The zero-order valence-electron chi connectivity index (χ0n) is 13.0. The summed E-state index contributed by atoms with van der Waals surface area (Å²) in [6.07, 6.45) is 7.16. The van der Waals surface area contributed by atoms with Gasteiger partial charge in [0.1, 0.15) is 0 Å². The van der Waals surface area contributed by atoms with Gasteiger partial charge in [0.15, 0.2) is 0 Å². The SMILES string of the molecule is O=C(CCC1CCNCC1)NCc1nc(-c2ccncc2)no1. The molecule has 0 atom stereocenters. The highest BCUT2D eigenvalue weighted by Gasteiger charge is 2.15. The summed E-state index contributed by atoms with van der Waals surface area (Å²) in [5, 5.41) is 10.1. The monoisotopic (exact) mass is 315 g/mol. The van der Waals surface area contributed by atoms with Gasteiger partial charge in [0, 0.05) is 24.4 Å². The predicted octanol–water partition coefficient (Wildman–Crippen LogP) is 1.53. The van der Waals surface area contributed by atoms with Crippen molar-refractivity contribution in [3.8, 4) is 11.4 Å². The molecule has 0 aliphatic carbocycles. The van der Waals surface area contributed by atoms with Crippen molar-refractivity contribution in [2.45, 2.75) is 32.2 Å². The molecule has 1 saturated heterocycles. The molecule has 0 radical (unpaired) electrons. The first kappa shape index (κ1) is 15.6. The first-order valence-corrected chi connectivity index (χ1v) is 8.01. The minimum atomic E-state index is 0.0344. The normalized spacial score (nSPS) is 15.5. The topological polar surface area (TPSA) is 92.9 Å². The Labute approximate surface area is 134 Å². The summed E-state index contributed by atoms with van der Waals surface area (Å²) >= 11 is 0. The molecule has 1 aliphatic rings. The summed E-state index contributed by atoms with van der Waals surface area (Å²) in [4.78, 5) is 20.1. The van der Waals surface area contributed by atoms with Crippen LogP contribution < -0.4 is 10.6 Å². The molecule has 2 aromatic heterocycles. The summed E-state index contributed by atoms with van der Waals surface area (Å²) in [6.45, 7) is 2.39. The van der Waals surface area contributed by atoms with E-state index in [2.05, 4.69) is 25.8 Å². The average Bonchev–Trinajstić information content (AvgIpc) is 3.09. The molecule has 0 bridgehead atoms. The summed E-state index contributed by atoms with van der Waals surface area (Å²) in [5.74, 6) is 1.61. The molecule has 1 aliphatic heterocycles. The maximum absolute atomic E-state index is 11.9. The summed E-state index contributed by atoms with van der Waals surface area (Å²) in [6, 6.07) is 3.62. The lowest BCUT2D eigenvalue weighted by Gasteiger charge is -2.22. The number of piperidine rings is 1. The second kappa shape index (κ2) is 7.82. The highest BCUT2D eigenvalue weighted by molar-refractivity contribution is 5.75.